The Morgan fingerprint density at radius 1 is 1.03 bits per heavy atom. The van der Waals surface area contributed by atoms with Gasteiger partial charge in [-0.1, -0.05) is 30.3 Å². The quantitative estimate of drug-likeness (QED) is 0.157. The van der Waals surface area contributed by atoms with Gasteiger partial charge in [-0.25, -0.2) is 0 Å². The number of rotatable bonds is 7. The van der Waals surface area contributed by atoms with Crippen LogP contribution in [0.3, 0.4) is 0 Å². The van der Waals surface area contributed by atoms with E-state index in [9.17, 15) is 24.5 Å². The van der Waals surface area contributed by atoms with Crippen LogP contribution in [0.2, 0.25) is 0 Å². The van der Waals surface area contributed by atoms with Gasteiger partial charge in [0.25, 0.3) is 16.8 Å². The Morgan fingerprint density at radius 2 is 1.74 bits per heavy atom. The molecule has 10 heteroatoms. The van der Waals surface area contributed by atoms with Crippen LogP contribution >= 0.6 is 11.8 Å². The number of nitrogens with zero attached hydrogens (tertiary/aromatic N) is 4. The molecule has 2 amide bonds. The smallest absolute Gasteiger partial charge is 0.294 e. The minimum atomic E-state index is -0.513. The molecule has 2 saturated heterocycles. The first-order valence-corrected chi connectivity index (χ1v) is 13.6. The zero-order valence-corrected chi connectivity index (χ0v) is 22.6. The number of carbonyl (C=O) groups is 3. The minimum Gasteiger partial charge on any atom is -0.366 e. The number of thioether (sulfide) groups is 1. The van der Waals surface area contributed by atoms with Crippen LogP contribution in [0.25, 0.3) is 11.8 Å². The molecule has 5 rings (SSSR count). The predicted octanol–water partition coefficient (Wildman–Crippen LogP) is 5.91. The number of piperidine rings is 1. The Labute approximate surface area is 230 Å². The molecule has 2 fully saturated rings. The molecule has 0 atom stereocenters. The molecule has 2 aliphatic rings. The van der Waals surface area contributed by atoms with E-state index in [0.29, 0.717) is 16.9 Å². The molecule has 0 aliphatic carbocycles. The maximum Gasteiger partial charge on any atom is 0.294 e. The zero-order chi connectivity index (χ0) is 27.7. The molecular formula is C29H28N4O5S. The number of aryl methyl sites for hydroxylation is 1. The number of Topliss-reactive ketones (excluding diaryl/α,β-unsaturated/α-hetero) is 1. The van der Waals surface area contributed by atoms with Gasteiger partial charge in [0, 0.05) is 36.1 Å². The van der Waals surface area contributed by atoms with Crippen LogP contribution < -0.4 is 4.90 Å². The Balaban J connectivity index is 1.42. The fourth-order valence-electron chi connectivity index (χ4n) is 5.17. The lowest BCUT2D eigenvalue weighted by molar-refractivity contribution is -0.384. The van der Waals surface area contributed by atoms with E-state index in [2.05, 4.69) is 4.90 Å². The summed E-state index contributed by atoms with van der Waals surface area (Å²) in [5.74, 6) is -0.826. The van der Waals surface area contributed by atoms with E-state index in [1.54, 1.807) is 42.5 Å². The van der Waals surface area contributed by atoms with Crippen LogP contribution in [0.4, 0.5) is 16.2 Å². The van der Waals surface area contributed by atoms with Crippen molar-refractivity contribution >= 4 is 46.1 Å². The van der Waals surface area contributed by atoms with Crippen molar-refractivity contribution in [3.8, 4) is 5.69 Å². The molecule has 1 aromatic heterocycles. The van der Waals surface area contributed by atoms with Gasteiger partial charge in [0.05, 0.1) is 22.1 Å². The van der Waals surface area contributed by atoms with Crippen molar-refractivity contribution in [2.24, 2.45) is 0 Å². The highest BCUT2D eigenvalue weighted by atomic mass is 32.2. The van der Waals surface area contributed by atoms with E-state index >= 15 is 0 Å². The summed E-state index contributed by atoms with van der Waals surface area (Å²) < 4.78 is 1.90. The standard InChI is InChI=1S/C29H28N4O5S/c1-19-15-22(16-27-28(35)31(29(36)39-27)18-26(34)21-9-5-3-6-10-21)20(2)32(19)23-11-12-24(25(17-23)33(37)38)30-13-7-4-8-14-30/h3,5-6,9-12,15-17H,4,7-8,13-14,18H2,1-2H3/b27-16-. The molecule has 0 spiro atoms. The van der Waals surface area contributed by atoms with Gasteiger partial charge in [0.1, 0.15) is 5.69 Å². The molecule has 2 aliphatic heterocycles. The monoisotopic (exact) mass is 544 g/mol. The Hall–Kier alpha value is -4.18. The van der Waals surface area contributed by atoms with Crippen molar-refractivity contribution in [3.05, 3.63) is 92.1 Å². The number of carbonyl (C=O) groups excluding carboxylic acids is 3. The first-order chi connectivity index (χ1) is 18.7. The van der Waals surface area contributed by atoms with Crippen molar-refractivity contribution in [1.29, 1.82) is 0 Å². The first-order valence-electron chi connectivity index (χ1n) is 12.8. The van der Waals surface area contributed by atoms with Gasteiger partial charge in [0.2, 0.25) is 0 Å². The number of anilines is 1. The fraction of sp³-hybridized carbons (Fsp3) is 0.276. The van der Waals surface area contributed by atoms with Crippen LogP contribution in [0.15, 0.2) is 59.5 Å². The fourth-order valence-corrected chi connectivity index (χ4v) is 6.00. The van der Waals surface area contributed by atoms with Gasteiger partial charge in [0.15, 0.2) is 5.78 Å². The summed E-state index contributed by atoms with van der Waals surface area (Å²) in [5, 5.41) is 11.5. The normalized spacial score (nSPS) is 16.8. The van der Waals surface area contributed by atoms with Crippen LogP contribution in [-0.2, 0) is 4.79 Å². The highest BCUT2D eigenvalue weighted by Gasteiger charge is 2.36. The summed E-state index contributed by atoms with van der Waals surface area (Å²) >= 11 is 0.800. The van der Waals surface area contributed by atoms with E-state index < -0.39 is 11.1 Å². The number of ketones is 1. The third-order valence-electron chi connectivity index (χ3n) is 7.14. The number of hydrogen-bond acceptors (Lipinski definition) is 7. The number of benzene rings is 2. The summed E-state index contributed by atoms with van der Waals surface area (Å²) in [5.41, 5.74) is 4.10. The van der Waals surface area contributed by atoms with Gasteiger partial charge < -0.3 is 9.47 Å². The zero-order valence-electron chi connectivity index (χ0n) is 21.8. The third-order valence-corrected chi connectivity index (χ3v) is 8.05. The van der Waals surface area contributed by atoms with Gasteiger partial charge >= 0.3 is 0 Å². The summed E-state index contributed by atoms with van der Waals surface area (Å²) in [7, 11) is 0. The van der Waals surface area contributed by atoms with Crippen LogP contribution in [0, 0.1) is 24.0 Å². The number of nitro benzene ring substituents is 1. The second kappa shape index (κ2) is 10.9. The Morgan fingerprint density at radius 3 is 2.44 bits per heavy atom. The maximum absolute atomic E-state index is 13.0. The summed E-state index contributed by atoms with van der Waals surface area (Å²) in [6.45, 7) is 5.04. The van der Waals surface area contributed by atoms with E-state index in [4.69, 9.17) is 0 Å². The summed E-state index contributed by atoms with van der Waals surface area (Å²) in [6.07, 6.45) is 4.82. The molecule has 39 heavy (non-hydrogen) atoms. The minimum absolute atomic E-state index is 0.0626. The SMILES string of the molecule is Cc1cc(/C=C2\SC(=O)N(CC(=O)c3ccccc3)C2=O)c(C)n1-c1ccc(N2CCCCC2)c([N+](=O)[O-])c1. The van der Waals surface area contributed by atoms with Crippen LogP contribution in [0.5, 0.6) is 0 Å². The molecule has 3 heterocycles. The molecule has 9 nitrogen and oxygen atoms in total. The van der Waals surface area contributed by atoms with E-state index in [-0.39, 0.29) is 27.8 Å². The van der Waals surface area contributed by atoms with Crippen molar-refractivity contribution in [2.75, 3.05) is 24.5 Å². The largest absolute Gasteiger partial charge is 0.366 e. The van der Waals surface area contributed by atoms with E-state index in [1.165, 1.54) is 0 Å². The van der Waals surface area contributed by atoms with Crippen molar-refractivity contribution in [3.63, 3.8) is 0 Å². The highest BCUT2D eigenvalue weighted by Crippen LogP contribution is 2.36. The van der Waals surface area contributed by atoms with Crippen LogP contribution in [0.1, 0.15) is 46.6 Å². The van der Waals surface area contributed by atoms with Crippen molar-refractivity contribution in [2.45, 2.75) is 33.1 Å². The van der Waals surface area contributed by atoms with Gasteiger partial charge in [-0.3, -0.25) is 29.4 Å². The Kier molecular flexibility index (Phi) is 7.38. The second-order valence-corrected chi connectivity index (χ2v) is 10.7. The van der Waals surface area contributed by atoms with Crippen molar-refractivity contribution < 1.29 is 19.3 Å². The number of nitro groups is 1. The molecule has 0 radical (unpaired) electrons. The first kappa shape index (κ1) is 26.4. The number of imide groups is 1. The molecule has 3 aromatic rings. The van der Waals surface area contributed by atoms with E-state index in [0.717, 1.165) is 66.0 Å². The lowest BCUT2D eigenvalue weighted by Crippen LogP contribution is -2.33. The molecular weight excluding hydrogens is 516 g/mol. The lowest BCUT2D eigenvalue weighted by atomic mass is 10.1. The van der Waals surface area contributed by atoms with Gasteiger partial charge in [-0.05, 0) is 74.7 Å². The maximum atomic E-state index is 13.0. The van der Waals surface area contributed by atoms with Crippen molar-refractivity contribution in [1.82, 2.24) is 9.47 Å². The van der Waals surface area contributed by atoms with Crippen LogP contribution in [-0.4, -0.2) is 51.0 Å². The average Bonchev–Trinajstić information content (AvgIpc) is 3.37. The predicted molar refractivity (Wildman–Crippen MR) is 151 cm³/mol. The third kappa shape index (κ3) is 5.24. The molecule has 0 unspecified atom stereocenters. The number of hydrogen-bond donors (Lipinski definition) is 0. The summed E-state index contributed by atoms with van der Waals surface area (Å²) in [4.78, 5) is 53.1. The lowest BCUT2D eigenvalue weighted by Gasteiger charge is -2.28. The summed E-state index contributed by atoms with van der Waals surface area (Å²) in [6, 6.07) is 15.7. The van der Waals surface area contributed by atoms with E-state index in [1.807, 2.05) is 36.6 Å². The number of aromatic nitrogens is 1. The van der Waals surface area contributed by atoms with Gasteiger partial charge in [-0.15, -0.1) is 0 Å². The molecule has 0 saturated carbocycles. The number of amides is 2. The molecule has 0 N–H and O–H groups in total. The molecule has 200 valence electrons. The van der Waals surface area contributed by atoms with Gasteiger partial charge in [-0.2, -0.15) is 0 Å². The Bertz CT molecular complexity index is 1510. The average molecular weight is 545 g/mol. The molecule has 0 bridgehead atoms. The topological polar surface area (TPSA) is 106 Å². The second-order valence-electron chi connectivity index (χ2n) is 9.70. The molecule has 2 aromatic carbocycles. The highest BCUT2D eigenvalue weighted by molar-refractivity contribution is 8.18.